The van der Waals surface area contributed by atoms with Crippen LogP contribution in [0.1, 0.15) is 32.6 Å². The third kappa shape index (κ3) is 4.42. The zero-order chi connectivity index (χ0) is 18.8. The lowest BCUT2D eigenvalue weighted by atomic mass is 9.84. The smallest absolute Gasteiger partial charge is 0.410 e. The summed E-state index contributed by atoms with van der Waals surface area (Å²) in [5, 5.41) is 5.42. The fraction of sp³-hybridized carbons (Fsp3) is 0.882. The molecule has 1 aliphatic carbocycles. The van der Waals surface area contributed by atoms with Gasteiger partial charge in [-0.15, -0.1) is 0 Å². The van der Waals surface area contributed by atoms with E-state index in [1.54, 1.807) is 6.92 Å². The largest absolute Gasteiger partial charge is 0.446 e. The van der Waals surface area contributed by atoms with Crippen LogP contribution in [-0.2, 0) is 9.53 Å². The van der Waals surface area contributed by atoms with Crippen LogP contribution in [0, 0.1) is 5.92 Å². The molecule has 0 radical (unpaired) electrons. The Bertz CT molecular complexity index is 539. The first-order chi connectivity index (χ1) is 12.3. The molecule has 2 N–H and O–H groups in total. The number of alkyl halides is 3. The summed E-state index contributed by atoms with van der Waals surface area (Å²) in [6.45, 7) is 1.75. The van der Waals surface area contributed by atoms with E-state index in [0.717, 1.165) is 0 Å². The van der Waals surface area contributed by atoms with Crippen molar-refractivity contribution in [2.24, 2.45) is 5.92 Å². The topological polar surface area (TPSA) is 70.7 Å². The Morgan fingerprint density at radius 2 is 2.08 bits per heavy atom. The molecule has 3 aliphatic rings. The van der Waals surface area contributed by atoms with E-state index >= 15 is 0 Å². The molecular formula is C17H26F3N3O3. The summed E-state index contributed by atoms with van der Waals surface area (Å²) in [7, 11) is 0. The Morgan fingerprint density at radius 1 is 1.31 bits per heavy atom. The van der Waals surface area contributed by atoms with Gasteiger partial charge in [-0.1, -0.05) is 0 Å². The van der Waals surface area contributed by atoms with Crippen molar-refractivity contribution in [1.29, 1.82) is 0 Å². The van der Waals surface area contributed by atoms with Crippen molar-refractivity contribution >= 4 is 12.0 Å². The predicted molar refractivity (Wildman–Crippen MR) is 87.9 cm³/mol. The maximum Gasteiger partial charge on any atom is 0.410 e. The number of piperidine rings is 1. The lowest BCUT2D eigenvalue weighted by Crippen LogP contribution is -2.59. The number of fused-ring (bicyclic) bond motifs is 1. The third-order valence-corrected chi connectivity index (χ3v) is 5.52. The van der Waals surface area contributed by atoms with Crippen LogP contribution in [0.25, 0.3) is 0 Å². The number of amides is 2. The fourth-order valence-electron chi connectivity index (χ4n) is 4.14. The van der Waals surface area contributed by atoms with E-state index in [-0.39, 0.29) is 38.1 Å². The molecule has 7 unspecified atom stereocenters. The highest BCUT2D eigenvalue weighted by Gasteiger charge is 2.41. The molecule has 2 heterocycles. The molecule has 0 aromatic rings. The number of nitrogens with zero attached hydrogens (tertiary/aromatic N) is 1. The minimum Gasteiger partial charge on any atom is -0.446 e. The number of halogens is 3. The van der Waals surface area contributed by atoms with E-state index in [1.165, 1.54) is 4.90 Å². The summed E-state index contributed by atoms with van der Waals surface area (Å²) in [4.78, 5) is 25.6. The summed E-state index contributed by atoms with van der Waals surface area (Å²) in [5.74, 6) is -0.560. The fourth-order valence-corrected chi connectivity index (χ4v) is 4.14. The van der Waals surface area contributed by atoms with Crippen molar-refractivity contribution in [3.05, 3.63) is 0 Å². The Hall–Kier alpha value is -1.51. The minimum atomic E-state index is -1.39. The van der Waals surface area contributed by atoms with E-state index in [9.17, 15) is 22.8 Å². The van der Waals surface area contributed by atoms with Crippen molar-refractivity contribution in [2.75, 3.05) is 19.6 Å². The molecule has 0 aromatic heterocycles. The average molecular weight is 377 g/mol. The van der Waals surface area contributed by atoms with Crippen LogP contribution in [0.5, 0.6) is 0 Å². The first-order valence-electron chi connectivity index (χ1n) is 9.24. The number of carbonyl (C=O) groups is 2. The van der Waals surface area contributed by atoms with Gasteiger partial charge in [-0.25, -0.2) is 18.0 Å². The molecule has 26 heavy (non-hydrogen) atoms. The van der Waals surface area contributed by atoms with Gasteiger partial charge in [-0.2, -0.15) is 0 Å². The van der Waals surface area contributed by atoms with Gasteiger partial charge in [0.05, 0.1) is 6.04 Å². The SMILES string of the molecule is CC(NC(=O)CN1CC2CC(F)CCC2OC1=O)C1NCC(F)CC1F. The highest BCUT2D eigenvalue weighted by Crippen LogP contribution is 2.33. The first kappa shape index (κ1) is 19.3. The van der Waals surface area contributed by atoms with Crippen LogP contribution < -0.4 is 10.6 Å². The molecule has 0 bridgehead atoms. The highest BCUT2D eigenvalue weighted by molar-refractivity contribution is 5.82. The zero-order valence-electron chi connectivity index (χ0n) is 14.8. The van der Waals surface area contributed by atoms with E-state index < -0.39 is 42.6 Å². The van der Waals surface area contributed by atoms with E-state index in [2.05, 4.69) is 10.6 Å². The molecule has 0 spiro atoms. The number of nitrogens with one attached hydrogen (secondary N) is 2. The molecule has 9 heteroatoms. The number of rotatable bonds is 4. The van der Waals surface area contributed by atoms with Gasteiger partial charge >= 0.3 is 6.09 Å². The second kappa shape index (κ2) is 8.02. The second-order valence-electron chi connectivity index (χ2n) is 7.61. The number of ether oxygens (including phenoxy) is 1. The quantitative estimate of drug-likeness (QED) is 0.779. The van der Waals surface area contributed by atoms with Gasteiger partial charge in [0, 0.05) is 31.5 Å². The Kier molecular flexibility index (Phi) is 5.94. The maximum absolute atomic E-state index is 14.0. The van der Waals surface area contributed by atoms with Crippen molar-refractivity contribution in [1.82, 2.24) is 15.5 Å². The van der Waals surface area contributed by atoms with Gasteiger partial charge in [0.1, 0.15) is 31.2 Å². The summed E-state index contributed by atoms with van der Waals surface area (Å²) in [6, 6.07) is -1.22. The van der Waals surface area contributed by atoms with Crippen LogP contribution in [0.15, 0.2) is 0 Å². The Morgan fingerprint density at radius 3 is 2.81 bits per heavy atom. The predicted octanol–water partition coefficient (Wildman–Crippen LogP) is 1.49. The molecule has 3 rings (SSSR count). The molecule has 3 fully saturated rings. The molecule has 2 saturated heterocycles. The lowest BCUT2D eigenvalue weighted by molar-refractivity contribution is -0.124. The Labute approximate surface area is 150 Å². The molecular weight excluding hydrogens is 351 g/mol. The van der Waals surface area contributed by atoms with E-state index in [4.69, 9.17) is 4.74 Å². The van der Waals surface area contributed by atoms with Gasteiger partial charge < -0.3 is 15.4 Å². The van der Waals surface area contributed by atoms with Crippen LogP contribution >= 0.6 is 0 Å². The van der Waals surface area contributed by atoms with Crippen molar-refractivity contribution in [3.8, 4) is 0 Å². The molecule has 2 aliphatic heterocycles. The normalized spacial score (nSPS) is 38.9. The van der Waals surface area contributed by atoms with Crippen molar-refractivity contribution in [2.45, 2.75) is 69.3 Å². The second-order valence-corrected chi connectivity index (χ2v) is 7.61. The van der Waals surface area contributed by atoms with Crippen LogP contribution in [0.3, 0.4) is 0 Å². The van der Waals surface area contributed by atoms with Gasteiger partial charge in [0.25, 0.3) is 0 Å². The van der Waals surface area contributed by atoms with Crippen LogP contribution in [-0.4, -0.2) is 73.2 Å². The highest BCUT2D eigenvalue weighted by atomic mass is 19.1. The monoisotopic (exact) mass is 377 g/mol. The van der Waals surface area contributed by atoms with E-state index in [0.29, 0.717) is 19.3 Å². The third-order valence-electron chi connectivity index (χ3n) is 5.52. The Balaban J connectivity index is 1.50. The lowest BCUT2D eigenvalue weighted by Gasteiger charge is -2.41. The zero-order valence-corrected chi connectivity index (χ0v) is 14.8. The summed E-state index contributed by atoms with van der Waals surface area (Å²) in [6.07, 6.45) is -3.34. The van der Waals surface area contributed by atoms with Crippen molar-refractivity contribution < 1.29 is 27.5 Å². The van der Waals surface area contributed by atoms with Gasteiger partial charge in [0.2, 0.25) is 5.91 Å². The average Bonchev–Trinajstić information content (AvgIpc) is 2.55. The molecule has 1 saturated carbocycles. The summed E-state index contributed by atoms with van der Waals surface area (Å²) in [5.41, 5.74) is 0. The van der Waals surface area contributed by atoms with Crippen LogP contribution in [0.2, 0.25) is 0 Å². The van der Waals surface area contributed by atoms with Gasteiger partial charge in [0.15, 0.2) is 0 Å². The maximum atomic E-state index is 14.0. The molecule has 0 aromatic carbocycles. The van der Waals surface area contributed by atoms with Gasteiger partial charge in [-0.05, 0) is 26.2 Å². The van der Waals surface area contributed by atoms with Crippen molar-refractivity contribution in [3.63, 3.8) is 0 Å². The minimum absolute atomic E-state index is 0.0528. The molecule has 7 atom stereocenters. The van der Waals surface area contributed by atoms with Crippen LogP contribution in [0.4, 0.5) is 18.0 Å². The van der Waals surface area contributed by atoms with Gasteiger partial charge in [-0.3, -0.25) is 9.69 Å². The summed E-state index contributed by atoms with van der Waals surface area (Å²) >= 11 is 0. The number of hydrogen-bond acceptors (Lipinski definition) is 4. The first-order valence-corrected chi connectivity index (χ1v) is 9.24. The van der Waals surface area contributed by atoms with E-state index in [1.807, 2.05) is 0 Å². The summed E-state index contributed by atoms with van der Waals surface area (Å²) < 4.78 is 46.0. The standard InChI is InChI=1S/C17H26F3N3O3/c1-9(16-13(20)5-12(19)6-21-16)22-15(24)8-23-7-10-4-11(18)2-3-14(10)26-17(23)25/h9-14,16,21H,2-8H2,1H3,(H,22,24). The molecule has 6 nitrogen and oxygen atoms in total. The number of hydrogen-bond donors (Lipinski definition) is 2. The molecule has 148 valence electrons. The number of carbonyl (C=O) groups excluding carboxylic acids is 2. The molecule has 2 amide bonds.